The summed E-state index contributed by atoms with van der Waals surface area (Å²) in [6.45, 7) is 6.72. The summed E-state index contributed by atoms with van der Waals surface area (Å²) < 4.78 is 16.6. The lowest BCUT2D eigenvalue weighted by atomic mass is 9.74. The van der Waals surface area contributed by atoms with Crippen molar-refractivity contribution >= 4 is 12.1 Å². The van der Waals surface area contributed by atoms with Gasteiger partial charge in [0.25, 0.3) is 0 Å². The molecule has 0 bridgehead atoms. The van der Waals surface area contributed by atoms with Gasteiger partial charge in [-0.2, -0.15) is 0 Å². The Hall–Kier alpha value is -2.52. The monoisotopic (exact) mass is 478 g/mol. The van der Waals surface area contributed by atoms with Crippen molar-refractivity contribution in [2.45, 2.75) is 51.7 Å². The summed E-state index contributed by atoms with van der Waals surface area (Å²) >= 11 is 0. The van der Waals surface area contributed by atoms with Crippen molar-refractivity contribution in [3.05, 3.63) is 23.3 Å². The van der Waals surface area contributed by atoms with Gasteiger partial charge in [0.15, 0.2) is 17.6 Å². The van der Waals surface area contributed by atoms with Crippen LogP contribution in [-0.4, -0.2) is 73.7 Å². The maximum atomic E-state index is 12.2. The number of alkyl carbamates (subject to hydrolysis) is 1. The first-order chi connectivity index (χ1) is 16.2. The number of rotatable bonds is 10. The number of nitrogens with zero attached hydrogens (tertiary/aromatic N) is 1. The third-order valence-electron chi connectivity index (χ3n) is 6.95. The van der Waals surface area contributed by atoms with Crippen LogP contribution >= 0.6 is 0 Å². The Kier molecular flexibility index (Phi) is 9.02. The minimum atomic E-state index is -1.50. The number of carboxylic acid groups (broad SMARTS) is 1. The number of aliphatic hydroxyl groups excluding tert-OH is 1. The zero-order valence-electron chi connectivity index (χ0n) is 20.6. The van der Waals surface area contributed by atoms with Gasteiger partial charge in [-0.05, 0) is 60.3 Å². The number of fused-ring (bicyclic) bond motifs is 3. The zero-order valence-corrected chi connectivity index (χ0v) is 20.6. The second-order valence-corrected chi connectivity index (χ2v) is 9.72. The SMILES string of the molecule is COc1cc2c(cc1OC)[C@H]1C[C@@H](COC(=O)NCC[C@H](O)C(=O)O)[C@H](CC(C)C)CN1CC2. The molecule has 2 aliphatic heterocycles. The van der Waals surface area contributed by atoms with Crippen LogP contribution < -0.4 is 14.8 Å². The number of aliphatic carboxylic acids is 1. The number of amides is 1. The normalized spacial score (nSPS) is 22.9. The zero-order chi connectivity index (χ0) is 24.8. The number of carbonyl (C=O) groups is 2. The minimum Gasteiger partial charge on any atom is -0.493 e. The van der Waals surface area contributed by atoms with Crippen molar-refractivity contribution in [2.24, 2.45) is 17.8 Å². The lowest BCUT2D eigenvalue weighted by Crippen LogP contribution is -2.47. The molecule has 4 atom stereocenters. The van der Waals surface area contributed by atoms with E-state index in [0.29, 0.717) is 18.4 Å². The van der Waals surface area contributed by atoms with Crippen LogP contribution in [0, 0.1) is 17.8 Å². The van der Waals surface area contributed by atoms with Gasteiger partial charge in [0.05, 0.1) is 20.8 Å². The van der Waals surface area contributed by atoms with E-state index in [4.69, 9.17) is 19.3 Å². The number of ether oxygens (including phenoxy) is 3. The molecule has 34 heavy (non-hydrogen) atoms. The van der Waals surface area contributed by atoms with Gasteiger partial charge in [-0.15, -0.1) is 0 Å². The molecular weight excluding hydrogens is 440 g/mol. The Morgan fingerprint density at radius 2 is 1.88 bits per heavy atom. The standard InChI is InChI=1S/C25H38N2O7/c1-15(2)9-17-13-27-8-6-16-11-22(32-3)23(33-4)12-19(16)20(27)10-18(17)14-34-25(31)26-7-5-21(28)24(29)30/h11-12,15,17-18,20-21,28H,5-10,13-14H2,1-4H3,(H,26,31)(H,29,30)/t17-,18+,20-,21+/m1/s1. The van der Waals surface area contributed by atoms with E-state index in [1.165, 1.54) is 11.1 Å². The number of carbonyl (C=O) groups excluding carboxylic acids is 1. The van der Waals surface area contributed by atoms with Crippen molar-refractivity contribution in [2.75, 3.05) is 40.5 Å². The fourth-order valence-corrected chi connectivity index (χ4v) is 5.25. The molecule has 0 spiro atoms. The Balaban J connectivity index is 1.68. The van der Waals surface area contributed by atoms with Crippen LogP contribution in [0.5, 0.6) is 11.5 Å². The van der Waals surface area contributed by atoms with Crippen LogP contribution in [0.1, 0.15) is 50.3 Å². The topological polar surface area (TPSA) is 118 Å². The number of hydrogen-bond donors (Lipinski definition) is 3. The Morgan fingerprint density at radius 1 is 1.18 bits per heavy atom. The molecule has 0 saturated carbocycles. The average molecular weight is 479 g/mol. The number of nitrogens with one attached hydrogen (secondary N) is 1. The van der Waals surface area contributed by atoms with Gasteiger partial charge in [0.1, 0.15) is 0 Å². The minimum absolute atomic E-state index is 0.0395. The molecule has 1 saturated heterocycles. The molecule has 1 fully saturated rings. The molecule has 0 radical (unpaired) electrons. The average Bonchev–Trinajstić information content (AvgIpc) is 2.81. The highest BCUT2D eigenvalue weighted by Crippen LogP contribution is 2.45. The van der Waals surface area contributed by atoms with Crippen LogP contribution in [0.4, 0.5) is 4.79 Å². The molecule has 0 aliphatic carbocycles. The van der Waals surface area contributed by atoms with Crippen molar-refractivity contribution in [1.82, 2.24) is 10.2 Å². The largest absolute Gasteiger partial charge is 0.493 e. The molecule has 0 aromatic heterocycles. The molecule has 9 heteroatoms. The summed E-state index contributed by atoms with van der Waals surface area (Å²) in [5.41, 5.74) is 2.53. The molecule has 1 aromatic rings. The van der Waals surface area contributed by atoms with Crippen LogP contribution in [0.3, 0.4) is 0 Å². The van der Waals surface area contributed by atoms with Crippen LogP contribution in [0.25, 0.3) is 0 Å². The van der Waals surface area contributed by atoms with E-state index in [-0.39, 0.29) is 24.9 Å². The number of piperidine rings is 1. The number of aliphatic hydroxyl groups is 1. The van der Waals surface area contributed by atoms with Crippen LogP contribution in [0.2, 0.25) is 0 Å². The molecule has 190 valence electrons. The third kappa shape index (κ3) is 6.33. The van der Waals surface area contributed by atoms with E-state index in [1.807, 2.05) is 0 Å². The molecular formula is C25H38N2O7. The predicted octanol–water partition coefficient (Wildman–Crippen LogP) is 2.85. The van der Waals surface area contributed by atoms with Gasteiger partial charge in [-0.3, -0.25) is 4.90 Å². The Morgan fingerprint density at radius 3 is 2.53 bits per heavy atom. The van der Waals surface area contributed by atoms with Gasteiger partial charge in [-0.25, -0.2) is 9.59 Å². The molecule has 3 N–H and O–H groups in total. The summed E-state index contributed by atoms with van der Waals surface area (Å²) in [6, 6.07) is 4.40. The molecule has 3 rings (SSSR count). The fraction of sp³-hybridized carbons (Fsp3) is 0.680. The van der Waals surface area contributed by atoms with E-state index in [1.54, 1.807) is 14.2 Å². The maximum Gasteiger partial charge on any atom is 0.407 e. The molecule has 2 heterocycles. The van der Waals surface area contributed by atoms with Crippen molar-refractivity contribution in [1.29, 1.82) is 0 Å². The quantitative estimate of drug-likeness (QED) is 0.470. The number of methoxy groups -OCH3 is 2. The van der Waals surface area contributed by atoms with Crippen molar-refractivity contribution in [3.63, 3.8) is 0 Å². The number of benzene rings is 1. The second-order valence-electron chi connectivity index (χ2n) is 9.72. The summed E-state index contributed by atoms with van der Waals surface area (Å²) in [4.78, 5) is 25.4. The summed E-state index contributed by atoms with van der Waals surface area (Å²) in [7, 11) is 3.30. The summed E-state index contributed by atoms with van der Waals surface area (Å²) in [5.74, 6) is 1.32. The molecule has 9 nitrogen and oxygen atoms in total. The number of carboxylic acids is 1. The Labute approximate surface area is 201 Å². The second kappa shape index (κ2) is 11.8. The van der Waals surface area contributed by atoms with Crippen molar-refractivity contribution in [3.8, 4) is 11.5 Å². The van der Waals surface area contributed by atoms with Gasteiger partial charge in [0, 0.05) is 32.1 Å². The van der Waals surface area contributed by atoms with Crippen LogP contribution in [-0.2, 0) is 16.0 Å². The van der Waals surface area contributed by atoms with E-state index in [2.05, 4.69) is 36.2 Å². The fourth-order valence-electron chi connectivity index (χ4n) is 5.25. The predicted molar refractivity (Wildman–Crippen MR) is 126 cm³/mol. The third-order valence-corrected chi connectivity index (χ3v) is 6.95. The molecule has 1 amide bonds. The van der Waals surface area contributed by atoms with E-state index in [9.17, 15) is 14.7 Å². The molecule has 2 aliphatic rings. The smallest absolute Gasteiger partial charge is 0.407 e. The van der Waals surface area contributed by atoms with E-state index in [0.717, 1.165) is 43.9 Å². The first-order valence-electron chi connectivity index (χ1n) is 12.0. The highest BCUT2D eigenvalue weighted by Gasteiger charge is 2.40. The van der Waals surface area contributed by atoms with E-state index >= 15 is 0 Å². The first-order valence-corrected chi connectivity index (χ1v) is 12.0. The summed E-state index contributed by atoms with van der Waals surface area (Å²) in [5, 5.41) is 20.6. The first kappa shape index (κ1) is 26.1. The van der Waals surface area contributed by atoms with Gasteiger partial charge >= 0.3 is 12.1 Å². The maximum absolute atomic E-state index is 12.2. The Bertz CT molecular complexity index is 860. The number of hydrogen-bond acceptors (Lipinski definition) is 7. The highest BCUT2D eigenvalue weighted by atomic mass is 16.5. The van der Waals surface area contributed by atoms with Gasteiger partial charge in [-0.1, -0.05) is 13.8 Å². The molecule has 0 unspecified atom stereocenters. The summed E-state index contributed by atoms with van der Waals surface area (Å²) in [6.07, 6.45) is 0.753. The van der Waals surface area contributed by atoms with Crippen molar-refractivity contribution < 1.29 is 34.0 Å². The lowest BCUT2D eigenvalue weighted by Gasteiger charge is -2.47. The van der Waals surface area contributed by atoms with Gasteiger partial charge < -0.3 is 29.7 Å². The lowest BCUT2D eigenvalue weighted by molar-refractivity contribution is -0.146. The molecule has 1 aromatic carbocycles. The van der Waals surface area contributed by atoms with Crippen LogP contribution in [0.15, 0.2) is 12.1 Å². The van der Waals surface area contributed by atoms with E-state index < -0.39 is 18.2 Å². The van der Waals surface area contributed by atoms with Gasteiger partial charge in [0.2, 0.25) is 0 Å². The highest BCUT2D eigenvalue weighted by molar-refractivity contribution is 5.72.